The van der Waals surface area contributed by atoms with Crippen LogP contribution in [0.2, 0.25) is 0 Å². The third-order valence-electron chi connectivity index (χ3n) is 3.05. The Bertz CT molecular complexity index is 403. The first-order valence-electron chi connectivity index (χ1n) is 6.21. The zero-order valence-corrected chi connectivity index (χ0v) is 10.5. The monoisotopic (exact) mass is 233 g/mol. The standard InChI is InChI=1S/C14H19NO2/c1-3-8-17-10-14(16)15-11(2)9-12-6-4-5-7-13(12)15/h4-7,11H,3,8-10H2,1-2H3. The summed E-state index contributed by atoms with van der Waals surface area (Å²) in [5.74, 6) is 0.0656. The van der Waals surface area contributed by atoms with E-state index >= 15 is 0 Å². The number of hydrogen-bond acceptors (Lipinski definition) is 2. The second kappa shape index (κ2) is 5.32. The molecular formula is C14H19NO2. The highest BCUT2D eigenvalue weighted by atomic mass is 16.5. The van der Waals surface area contributed by atoms with Crippen molar-refractivity contribution in [3.63, 3.8) is 0 Å². The van der Waals surface area contributed by atoms with Gasteiger partial charge < -0.3 is 9.64 Å². The third kappa shape index (κ3) is 2.50. The molecule has 3 nitrogen and oxygen atoms in total. The first-order valence-corrected chi connectivity index (χ1v) is 6.21. The fourth-order valence-corrected chi connectivity index (χ4v) is 2.32. The molecule has 3 heteroatoms. The topological polar surface area (TPSA) is 29.5 Å². The number of carbonyl (C=O) groups is 1. The first kappa shape index (κ1) is 12.1. The molecule has 2 rings (SSSR count). The van der Waals surface area contributed by atoms with Crippen LogP contribution in [0.5, 0.6) is 0 Å². The van der Waals surface area contributed by atoms with Crippen molar-refractivity contribution in [2.45, 2.75) is 32.7 Å². The molecule has 1 aliphatic heterocycles. The van der Waals surface area contributed by atoms with E-state index in [0.717, 1.165) is 18.5 Å². The second-order valence-electron chi connectivity index (χ2n) is 4.50. The van der Waals surface area contributed by atoms with Gasteiger partial charge in [-0.3, -0.25) is 4.79 Å². The van der Waals surface area contributed by atoms with Crippen LogP contribution in [0.25, 0.3) is 0 Å². The van der Waals surface area contributed by atoms with E-state index in [0.29, 0.717) is 6.61 Å². The van der Waals surface area contributed by atoms with E-state index in [9.17, 15) is 4.79 Å². The first-order chi connectivity index (χ1) is 8.24. The van der Waals surface area contributed by atoms with E-state index in [-0.39, 0.29) is 18.6 Å². The zero-order valence-electron chi connectivity index (χ0n) is 10.5. The van der Waals surface area contributed by atoms with Crippen LogP contribution in [0, 0.1) is 0 Å². The molecule has 17 heavy (non-hydrogen) atoms. The van der Waals surface area contributed by atoms with Gasteiger partial charge in [-0.1, -0.05) is 25.1 Å². The molecule has 1 aliphatic rings. The van der Waals surface area contributed by atoms with Crippen molar-refractivity contribution < 1.29 is 9.53 Å². The van der Waals surface area contributed by atoms with Crippen LogP contribution in [0.4, 0.5) is 5.69 Å². The molecule has 0 N–H and O–H groups in total. The summed E-state index contributed by atoms with van der Waals surface area (Å²) in [4.78, 5) is 14.0. The summed E-state index contributed by atoms with van der Waals surface area (Å²) >= 11 is 0. The van der Waals surface area contributed by atoms with Crippen molar-refractivity contribution >= 4 is 11.6 Å². The van der Waals surface area contributed by atoms with Crippen molar-refractivity contribution in [3.05, 3.63) is 29.8 Å². The summed E-state index contributed by atoms with van der Waals surface area (Å²) in [6.45, 7) is 4.96. The Labute approximate surface area is 102 Å². The van der Waals surface area contributed by atoms with Gasteiger partial charge in [0.15, 0.2) is 0 Å². The van der Waals surface area contributed by atoms with E-state index in [1.807, 2.05) is 30.0 Å². The van der Waals surface area contributed by atoms with Gasteiger partial charge in [-0.15, -0.1) is 0 Å². The summed E-state index contributed by atoms with van der Waals surface area (Å²) < 4.78 is 5.33. The number of ether oxygens (including phenoxy) is 1. The van der Waals surface area contributed by atoms with Gasteiger partial charge in [-0.05, 0) is 31.4 Å². The van der Waals surface area contributed by atoms with Gasteiger partial charge in [0.1, 0.15) is 6.61 Å². The molecule has 1 aromatic rings. The highest BCUT2D eigenvalue weighted by Gasteiger charge is 2.30. The van der Waals surface area contributed by atoms with Gasteiger partial charge >= 0.3 is 0 Å². The highest BCUT2D eigenvalue weighted by molar-refractivity contribution is 5.97. The quantitative estimate of drug-likeness (QED) is 0.747. The van der Waals surface area contributed by atoms with Crippen LogP contribution in [0.3, 0.4) is 0 Å². The molecule has 0 radical (unpaired) electrons. The minimum absolute atomic E-state index is 0.0656. The van der Waals surface area contributed by atoms with Crippen LogP contribution in [-0.4, -0.2) is 25.2 Å². The largest absolute Gasteiger partial charge is 0.372 e. The van der Waals surface area contributed by atoms with Crippen molar-refractivity contribution in [2.24, 2.45) is 0 Å². The lowest BCUT2D eigenvalue weighted by molar-refractivity contribution is -0.123. The Morgan fingerprint density at radius 3 is 3.00 bits per heavy atom. The van der Waals surface area contributed by atoms with Gasteiger partial charge in [-0.25, -0.2) is 0 Å². The van der Waals surface area contributed by atoms with Crippen molar-refractivity contribution in [1.82, 2.24) is 0 Å². The number of nitrogens with zero attached hydrogens (tertiary/aromatic N) is 1. The molecule has 1 amide bonds. The predicted octanol–water partition coefficient (Wildman–Crippen LogP) is 2.39. The number of anilines is 1. The van der Waals surface area contributed by atoms with E-state index in [1.165, 1.54) is 5.56 Å². The number of amides is 1. The Balaban J connectivity index is 2.08. The zero-order chi connectivity index (χ0) is 12.3. The predicted molar refractivity (Wildman–Crippen MR) is 68.2 cm³/mol. The number of para-hydroxylation sites is 1. The molecule has 0 saturated heterocycles. The SMILES string of the molecule is CCCOCC(=O)N1c2ccccc2CC1C. The van der Waals surface area contributed by atoms with E-state index in [1.54, 1.807) is 0 Å². The Morgan fingerprint density at radius 2 is 2.24 bits per heavy atom. The normalized spacial score (nSPS) is 18.2. The maximum atomic E-state index is 12.1. The van der Waals surface area contributed by atoms with Crippen LogP contribution in [0.1, 0.15) is 25.8 Å². The molecule has 0 spiro atoms. The van der Waals surface area contributed by atoms with Gasteiger partial charge in [-0.2, -0.15) is 0 Å². The Kier molecular flexibility index (Phi) is 3.79. The number of carbonyl (C=O) groups excluding carboxylic acids is 1. The van der Waals surface area contributed by atoms with Crippen LogP contribution in [0.15, 0.2) is 24.3 Å². The van der Waals surface area contributed by atoms with Gasteiger partial charge in [0.05, 0.1) is 0 Å². The molecule has 1 unspecified atom stereocenters. The summed E-state index contributed by atoms with van der Waals surface area (Å²) in [7, 11) is 0. The lowest BCUT2D eigenvalue weighted by Crippen LogP contribution is -2.38. The third-order valence-corrected chi connectivity index (χ3v) is 3.05. The molecule has 0 aromatic heterocycles. The summed E-state index contributed by atoms with van der Waals surface area (Å²) in [6, 6.07) is 8.34. The molecular weight excluding hydrogens is 214 g/mol. The summed E-state index contributed by atoms with van der Waals surface area (Å²) in [5, 5.41) is 0. The van der Waals surface area contributed by atoms with Crippen molar-refractivity contribution in [1.29, 1.82) is 0 Å². The summed E-state index contributed by atoms with van der Waals surface area (Å²) in [6.07, 6.45) is 1.88. The summed E-state index contributed by atoms with van der Waals surface area (Å²) in [5.41, 5.74) is 2.30. The molecule has 0 aliphatic carbocycles. The number of benzene rings is 1. The van der Waals surface area contributed by atoms with Gasteiger partial charge in [0, 0.05) is 18.3 Å². The maximum Gasteiger partial charge on any atom is 0.253 e. The van der Waals surface area contributed by atoms with E-state index < -0.39 is 0 Å². The van der Waals surface area contributed by atoms with Crippen molar-refractivity contribution in [3.8, 4) is 0 Å². The molecule has 1 aromatic carbocycles. The van der Waals surface area contributed by atoms with Crippen molar-refractivity contribution in [2.75, 3.05) is 18.1 Å². The molecule has 0 bridgehead atoms. The van der Waals surface area contributed by atoms with E-state index in [4.69, 9.17) is 4.74 Å². The second-order valence-corrected chi connectivity index (χ2v) is 4.50. The molecule has 0 fully saturated rings. The lowest BCUT2D eigenvalue weighted by Gasteiger charge is -2.22. The van der Waals surface area contributed by atoms with Crippen LogP contribution < -0.4 is 4.90 Å². The molecule has 1 heterocycles. The molecule has 1 atom stereocenters. The number of rotatable bonds is 4. The lowest BCUT2D eigenvalue weighted by atomic mass is 10.1. The average molecular weight is 233 g/mol. The molecule has 92 valence electrons. The Morgan fingerprint density at radius 1 is 1.47 bits per heavy atom. The minimum atomic E-state index is 0.0656. The highest BCUT2D eigenvalue weighted by Crippen LogP contribution is 2.31. The number of hydrogen-bond donors (Lipinski definition) is 0. The maximum absolute atomic E-state index is 12.1. The van der Waals surface area contributed by atoms with Crippen LogP contribution >= 0.6 is 0 Å². The van der Waals surface area contributed by atoms with Gasteiger partial charge in [0.2, 0.25) is 0 Å². The van der Waals surface area contributed by atoms with Crippen LogP contribution in [-0.2, 0) is 16.0 Å². The average Bonchev–Trinajstić information content (AvgIpc) is 2.65. The Hall–Kier alpha value is -1.35. The number of fused-ring (bicyclic) bond motifs is 1. The fraction of sp³-hybridized carbons (Fsp3) is 0.500. The van der Waals surface area contributed by atoms with Gasteiger partial charge in [0.25, 0.3) is 5.91 Å². The smallest absolute Gasteiger partial charge is 0.253 e. The molecule has 0 saturated carbocycles. The minimum Gasteiger partial charge on any atom is -0.372 e. The fourth-order valence-electron chi connectivity index (χ4n) is 2.32. The van der Waals surface area contributed by atoms with E-state index in [2.05, 4.69) is 13.0 Å².